The number of rotatable bonds is 5. The SMILES string of the molecule is CC(C)(C)C(NC(=O)c1nn(Cc2ccc(F)cc2)c2ccccc12)C(=O)N1CC(F)C1. The van der Waals surface area contributed by atoms with E-state index in [1.807, 2.05) is 39.0 Å². The number of nitrogens with one attached hydrogen (secondary N) is 1. The van der Waals surface area contributed by atoms with Crippen LogP contribution in [0, 0.1) is 11.2 Å². The number of carbonyl (C=O) groups excluding carboxylic acids is 2. The zero-order valence-corrected chi connectivity index (χ0v) is 18.3. The first-order chi connectivity index (χ1) is 15.1. The quantitative estimate of drug-likeness (QED) is 0.660. The highest BCUT2D eigenvalue weighted by Gasteiger charge is 2.40. The van der Waals surface area contributed by atoms with E-state index in [0.29, 0.717) is 11.9 Å². The second kappa shape index (κ2) is 8.33. The number of para-hydroxylation sites is 1. The van der Waals surface area contributed by atoms with Crippen molar-refractivity contribution in [3.63, 3.8) is 0 Å². The van der Waals surface area contributed by atoms with Crippen molar-refractivity contribution in [2.45, 2.75) is 39.5 Å². The topological polar surface area (TPSA) is 67.2 Å². The maximum atomic E-state index is 13.3. The number of amides is 2. The summed E-state index contributed by atoms with van der Waals surface area (Å²) < 4.78 is 28.2. The molecule has 1 fully saturated rings. The van der Waals surface area contributed by atoms with Gasteiger partial charge in [0.25, 0.3) is 5.91 Å². The Bertz CT molecular complexity index is 1150. The summed E-state index contributed by atoms with van der Waals surface area (Å²) in [5.74, 6) is -1.09. The van der Waals surface area contributed by atoms with Crippen LogP contribution in [0.1, 0.15) is 36.8 Å². The Morgan fingerprint density at radius 1 is 1.12 bits per heavy atom. The van der Waals surface area contributed by atoms with Crippen molar-refractivity contribution in [3.8, 4) is 0 Å². The van der Waals surface area contributed by atoms with Crippen molar-refractivity contribution in [1.29, 1.82) is 0 Å². The molecule has 1 atom stereocenters. The summed E-state index contributed by atoms with van der Waals surface area (Å²) in [5.41, 5.74) is 1.23. The molecule has 6 nitrogen and oxygen atoms in total. The molecule has 0 spiro atoms. The van der Waals surface area contributed by atoms with E-state index in [1.165, 1.54) is 17.0 Å². The number of alkyl halides is 1. The Morgan fingerprint density at radius 3 is 2.41 bits per heavy atom. The smallest absolute Gasteiger partial charge is 0.273 e. The van der Waals surface area contributed by atoms with Crippen molar-refractivity contribution < 1.29 is 18.4 Å². The van der Waals surface area contributed by atoms with Gasteiger partial charge in [0.1, 0.15) is 18.0 Å². The molecule has 2 amide bonds. The number of aromatic nitrogens is 2. The van der Waals surface area contributed by atoms with Gasteiger partial charge >= 0.3 is 0 Å². The van der Waals surface area contributed by atoms with E-state index in [1.54, 1.807) is 22.9 Å². The van der Waals surface area contributed by atoms with Gasteiger partial charge in [0.15, 0.2) is 5.69 Å². The Kier molecular flexibility index (Phi) is 5.71. The Morgan fingerprint density at radius 2 is 1.78 bits per heavy atom. The number of likely N-dealkylation sites (tertiary alicyclic amines) is 1. The predicted octanol–water partition coefficient (Wildman–Crippen LogP) is 3.55. The van der Waals surface area contributed by atoms with Crippen LogP contribution in [-0.2, 0) is 11.3 Å². The summed E-state index contributed by atoms with van der Waals surface area (Å²) in [6, 6.07) is 12.6. The molecule has 0 aliphatic carbocycles. The highest BCUT2D eigenvalue weighted by molar-refractivity contribution is 6.06. The normalized spacial score (nSPS) is 15.5. The number of fused-ring (bicyclic) bond motifs is 1. The van der Waals surface area contributed by atoms with Gasteiger partial charge in [0, 0.05) is 5.39 Å². The minimum Gasteiger partial charge on any atom is -0.338 e. The van der Waals surface area contributed by atoms with E-state index < -0.39 is 23.5 Å². The highest BCUT2D eigenvalue weighted by atomic mass is 19.1. The Labute approximate surface area is 185 Å². The third-order valence-corrected chi connectivity index (χ3v) is 5.66. The van der Waals surface area contributed by atoms with Crippen molar-refractivity contribution in [1.82, 2.24) is 20.0 Å². The number of benzene rings is 2. The minimum absolute atomic E-state index is 0.0521. The molecule has 2 aromatic carbocycles. The first-order valence-electron chi connectivity index (χ1n) is 10.6. The van der Waals surface area contributed by atoms with Gasteiger partial charge in [0.2, 0.25) is 5.91 Å². The monoisotopic (exact) mass is 440 g/mol. The lowest BCUT2D eigenvalue weighted by atomic mass is 9.85. The molecule has 32 heavy (non-hydrogen) atoms. The molecule has 8 heteroatoms. The molecular formula is C24H26F2N4O2. The molecule has 4 rings (SSSR count). The average molecular weight is 440 g/mol. The van der Waals surface area contributed by atoms with E-state index >= 15 is 0 Å². The third kappa shape index (κ3) is 4.35. The van der Waals surface area contributed by atoms with E-state index in [0.717, 1.165) is 11.1 Å². The average Bonchev–Trinajstić information content (AvgIpc) is 3.08. The van der Waals surface area contributed by atoms with E-state index in [9.17, 15) is 18.4 Å². The van der Waals surface area contributed by atoms with Crippen LogP contribution in [0.5, 0.6) is 0 Å². The van der Waals surface area contributed by atoms with Crippen LogP contribution in [0.25, 0.3) is 10.9 Å². The van der Waals surface area contributed by atoms with Gasteiger partial charge in [-0.3, -0.25) is 14.3 Å². The lowest BCUT2D eigenvalue weighted by Crippen LogP contribution is -2.61. The fourth-order valence-corrected chi connectivity index (χ4v) is 3.81. The summed E-state index contributed by atoms with van der Waals surface area (Å²) in [4.78, 5) is 27.6. The number of carbonyl (C=O) groups is 2. The van der Waals surface area contributed by atoms with Gasteiger partial charge in [-0.05, 0) is 29.2 Å². The first kappa shape index (κ1) is 21.9. The number of halogens is 2. The largest absolute Gasteiger partial charge is 0.338 e. The molecule has 0 bridgehead atoms. The second-order valence-corrected chi connectivity index (χ2v) is 9.26. The molecule has 1 aliphatic heterocycles. The van der Waals surface area contributed by atoms with Crippen LogP contribution >= 0.6 is 0 Å². The zero-order valence-electron chi connectivity index (χ0n) is 18.3. The van der Waals surface area contributed by atoms with Crippen molar-refractivity contribution in [2.75, 3.05) is 13.1 Å². The molecule has 2 heterocycles. The first-order valence-corrected chi connectivity index (χ1v) is 10.6. The molecule has 0 saturated carbocycles. The molecule has 1 aliphatic rings. The van der Waals surface area contributed by atoms with Crippen LogP contribution in [0.3, 0.4) is 0 Å². The molecular weight excluding hydrogens is 414 g/mol. The van der Waals surface area contributed by atoms with Crippen molar-refractivity contribution >= 4 is 22.7 Å². The summed E-state index contributed by atoms with van der Waals surface area (Å²) >= 11 is 0. The fourth-order valence-electron chi connectivity index (χ4n) is 3.81. The second-order valence-electron chi connectivity index (χ2n) is 9.26. The van der Waals surface area contributed by atoms with Crippen LogP contribution in [-0.4, -0.2) is 51.8 Å². The zero-order chi connectivity index (χ0) is 23.0. The van der Waals surface area contributed by atoms with E-state index in [4.69, 9.17) is 0 Å². The third-order valence-electron chi connectivity index (χ3n) is 5.66. The van der Waals surface area contributed by atoms with Gasteiger partial charge < -0.3 is 10.2 Å². The molecule has 1 N–H and O–H groups in total. The maximum absolute atomic E-state index is 13.3. The molecule has 1 saturated heterocycles. The number of hydrogen-bond donors (Lipinski definition) is 1. The molecule has 3 aromatic rings. The Hall–Kier alpha value is -3.29. The molecule has 1 unspecified atom stereocenters. The fraction of sp³-hybridized carbons (Fsp3) is 0.375. The maximum Gasteiger partial charge on any atom is 0.273 e. The van der Waals surface area contributed by atoms with Crippen LogP contribution < -0.4 is 5.32 Å². The predicted molar refractivity (Wildman–Crippen MR) is 117 cm³/mol. The summed E-state index contributed by atoms with van der Waals surface area (Å²) in [6.07, 6.45) is -1.01. The standard InChI is InChI=1S/C24H26F2N4O2/c1-24(2,3)21(23(32)29-13-17(26)14-29)27-22(31)20-18-6-4-5-7-19(18)30(28-20)12-15-8-10-16(25)11-9-15/h4-11,17,21H,12-14H2,1-3H3,(H,27,31). The van der Waals surface area contributed by atoms with Crippen molar-refractivity contribution in [3.05, 3.63) is 65.6 Å². The van der Waals surface area contributed by atoms with Crippen LogP contribution in [0.15, 0.2) is 48.5 Å². The van der Waals surface area contributed by atoms with Gasteiger partial charge in [-0.1, -0.05) is 51.1 Å². The lowest BCUT2D eigenvalue weighted by Gasteiger charge is -2.40. The number of hydrogen-bond acceptors (Lipinski definition) is 3. The molecule has 0 radical (unpaired) electrons. The lowest BCUT2D eigenvalue weighted by molar-refractivity contribution is -0.143. The van der Waals surface area contributed by atoms with Crippen molar-refractivity contribution in [2.24, 2.45) is 5.41 Å². The van der Waals surface area contributed by atoms with Gasteiger partial charge in [-0.15, -0.1) is 0 Å². The van der Waals surface area contributed by atoms with E-state index in [-0.39, 0.29) is 30.5 Å². The highest BCUT2D eigenvalue weighted by Crippen LogP contribution is 2.26. The van der Waals surface area contributed by atoms with Gasteiger partial charge in [-0.2, -0.15) is 5.10 Å². The Balaban J connectivity index is 1.62. The van der Waals surface area contributed by atoms with E-state index in [2.05, 4.69) is 10.4 Å². The number of nitrogens with zero attached hydrogens (tertiary/aromatic N) is 3. The van der Waals surface area contributed by atoms with Gasteiger partial charge in [0.05, 0.1) is 25.2 Å². The summed E-state index contributed by atoms with van der Waals surface area (Å²) in [6.45, 7) is 6.03. The minimum atomic E-state index is -1.01. The molecule has 168 valence electrons. The van der Waals surface area contributed by atoms with Crippen LogP contribution in [0.2, 0.25) is 0 Å². The molecule has 1 aromatic heterocycles. The van der Waals surface area contributed by atoms with Gasteiger partial charge in [-0.25, -0.2) is 8.78 Å². The van der Waals surface area contributed by atoms with Crippen LogP contribution in [0.4, 0.5) is 8.78 Å². The summed E-state index contributed by atoms with van der Waals surface area (Å²) in [7, 11) is 0. The summed E-state index contributed by atoms with van der Waals surface area (Å²) in [5, 5.41) is 8.01.